The molecule has 5 fully saturated rings. The fourth-order valence-electron chi connectivity index (χ4n) is 9.35. The molecule has 4 saturated heterocycles. The first-order valence-electron chi connectivity index (χ1n) is 21.0. The van der Waals surface area contributed by atoms with Crippen molar-refractivity contribution in [1.29, 1.82) is 0 Å². The van der Waals surface area contributed by atoms with Gasteiger partial charge in [-0.1, -0.05) is 12.1 Å². The minimum Gasteiger partial charge on any atom is -0.381 e. The lowest BCUT2D eigenvalue weighted by Gasteiger charge is -2.51. The van der Waals surface area contributed by atoms with E-state index >= 15 is 0 Å². The van der Waals surface area contributed by atoms with Gasteiger partial charge in [0.1, 0.15) is 11.5 Å². The summed E-state index contributed by atoms with van der Waals surface area (Å²) < 4.78 is 94.6. The molecule has 3 aromatic rings. The van der Waals surface area contributed by atoms with Crippen molar-refractivity contribution in [1.82, 2.24) is 34.8 Å². The Morgan fingerprint density at radius 1 is 0.952 bits per heavy atom. The van der Waals surface area contributed by atoms with E-state index in [1.54, 1.807) is 29.4 Å². The monoisotopic (exact) mass is 893 g/mol. The summed E-state index contributed by atoms with van der Waals surface area (Å²) in [7, 11) is 0. The van der Waals surface area contributed by atoms with Crippen LogP contribution in [0.1, 0.15) is 77.9 Å². The molecule has 62 heavy (non-hydrogen) atoms. The summed E-state index contributed by atoms with van der Waals surface area (Å²) in [6.07, 6.45) is -3.21. The standard InChI is InChI=1S/C42H49F6N7O6S/c1-26(61-22-28-8-15-60-16-9-28)33(37(58)52-13-6-29(7-14-52)35-49-12-17-62-35)51-34(56)32-21-53(23-39(32)24-54(25-39)38(59)40(10-11-40)42(46,47)48)36(57)30-18-50-55(20-30)19-27-2-4-31(5-3-27)41(43,44)45/h2-5,12,17-18,20,26,28-29,32-33H,6-11,13-16,19,21-25H2,1H3,(H,51,56)/t26-,32+,33+/m1/s1. The molecular formula is C42H49F6N7O6S. The molecule has 20 heteroatoms. The van der Waals surface area contributed by atoms with Crippen LogP contribution in [0, 0.1) is 22.7 Å². The Morgan fingerprint density at radius 2 is 1.63 bits per heavy atom. The zero-order valence-corrected chi connectivity index (χ0v) is 34.9. The third-order valence-electron chi connectivity index (χ3n) is 13.3. The smallest absolute Gasteiger partial charge is 0.381 e. The highest BCUT2D eigenvalue weighted by Gasteiger charge is 2.71. The van der Waals surface area contributed by atoms with Crippen LogP contribution >= 0.6 is 11.3 Å². The number of carbonyl (C=O) groups excluding carboxylic acids is 4. The molecule has 336 valence electrons. The van der Waals surface area contributed by atoms with E-state index in [0.717, 1.165) is 34.9 Å². The van der Waals surface area contributed by atoms with Gasteiger partial charge >= 0.3 is 12.4 Å². The van der Waals surface area contributed by atoms with Crippen LogP contribution in [0.25, 0.3) is 0 Å². The number of carbonyl (C=O) groups is 4. The molecule has 2 aromatic heterocycles. The van der Waals surface area contributed by atoms with Gasteiger partial charge in [0.15, 0.2) is 0 Å². The number of alkyl halides is 6. The van der Waals surface area contributed by atoms with E-state index in [9.17, 15) is 45.5 Å². The molecule has 13 nitrogen and oxygen atoms in total. The third kappa shape index (κ3) is 8.96. The first-order valence-corrected chi connectivity index (χ1v) is 21.9. The van der Waals surface area contributed by atoms with Crippen LogP contribution in [-0.2, 0) is 36.6 Å². The largest absolute Gasteiger partial charge is 0.416 e. The molecule has 0 unspecified atom stereocenters. The van der Waals surface area contributed by atoms with Crippen LogP contribution in [0.4, 0.5) is 26.3 Å². The number of aromatic nitrogens is 3. The molecule has 1 aliphatic carbocycles. The summed E-state index contributed by atoms with van der Waals surface area (Å²) in [5, 5.41) is 10.1. The lowest BCUT2D eigenvalue weighted by molar-refractivity contribution is -0.205. The number of halogens is 6. The molecule has 4 amide bonds. The van der Waals surface area contributed by atoms with E-state index in [1.165, 1.54) is 34.1 Å². The zero-order valence-electron chi connectivity index (χ0n) is 34.1. The SMILES string of the molecule is C[C@@H](OCC1CCOCC1)[C@H](NC(=O)[C@@H]1CN(C(=O)c2cnn(Cc3ccc(C(F)(F)F)cc3)c2)CC12CN(C(=O)C1(C(F)(F)F)CC1)C2)C(=O)N1CCC(c2nccs2)CC1. The summed E-state index contributed by atoms with van der Waals surface area (Å²) in [6, 6.07) is 3.41. The van der Waals surface area contributed by atoms with Gasteiger partial charge in [-0.15, -0.1) is 11.3 Å². The fourth-order valence-corrected chi connectivity index (χ4v) is 10.2. The van der Waals surface area contributed by atoms with Crippen molar-refractivity contribution in [2.24, 2.45) is 22.7 Å². The number of hydrogen-bond acceptors (Lipinski definition) is 9. The summed E-state index contributed by atoms with van der Waals surface area (Å²) in [6.45, 7) is 3.58. The summed E-state index contributed by atoms with van der Waals surface area (Å²) in [5.74, 6) is -3.10. The minimum absolute atomic E-state index is 0.0600. The van der Waals surface area contributed by atoms with Gasteiger partial charge in [0, 0.05) is 81.6 Å². The van der Waals surface area contributed by atoms with Gasteiger partial charge in [-0.25, -0.2) is 4.98 Å². The van der Waals surface area contributed by atoms with E-state index in [4.69, 9.17) is 9.47 Å². The normalized spacial score (nSPS) is 22.6. The number of amides is 4. The molecule has 6 heterocycles. The molecule has 0 radical (unpaired) electrons. The second-order valence-electron chi connectivity index (χ2n) is 17.5. The zero-order chi connectivity index (χ0) is 44.0. The van der Waals surface area contributed by atoms with Crippen LogP contribution in [0.5, 0.6) is 0 Å². The fraction of sp³-hybridized carbons (Fsp3) is 0.619. The second kappa shape index (κ2) is 17.2. The minimum atomic E-state index is -4.73. The number of ether oxygens (including phenoxy) is 2. The number of nitrogens with zero attached hydrogens (tertiary/aromatic N) is 6. The van der Waals surface area contributed by atoms with Gasteiger partial charge in [-0.2, -0.15) is 31.4 Å². The van der Waals surface area contributed by atoms with Crippen LogP contribution in [-0.4, -0.2) is 131 Å². The van der Waals surface area contributed by atoms with E-state index in [1.807, 2.05) is 5.38 Å². The van der Waals surface area contributed by atoms with Gasteiger partial charge in [0.25, 0.3) is 5.91 Å². The number of piperidine rings is 1. The Morgan fingerprint density at radius 3 is 2.24 bits per heavy atom. The summed E-state index contributed by atoms with van der Waals surface area (Å²) in [5.41, 5.74) is -3.75. The van der Waals surface area contributed by atoms with Crippen molar-refractivity contribution in [2.75, 3.05) is 59.1 Å². The van der Waals surface area contributed by atoms with Crippen molar-refractivity contribution in [3.05, 3.63) is 69.9 Å². The average Bonchev–Trinajstić information content (AvgIpc) is 3.53. The van der Waals surface area contributed by atoms with Gasteiger partial charge in [-0.3, -0.25) is 23.9 Å². The van der Waals surface area contributed by atoms with Crippen molar-refractivity contribution in [3.63, 3.8) is 0 Å². The maximum absolute atomic E-state index is 14.6. The van der Waals surface area contributed by atoms with Crippen LogP contribution < -0.4 is 5.32 Å². The first kappa shape index (κ1) is 44.1. The van der Waals surface area contributed by atoms with E-state index in [0.29, 0.717) is 51.3 Å². The number of thiazole rings is 1. The predicted octanol–water partition coefficient (Wildman–Crippen LogP) is 5.37. The molecule has 0 bridgehead atoms. The van der Waals surface area contributed by atoms with Gasteiger partial charge in [-0.05, 0) is 69.1 Å². The molecular weight excluding hydrogens is 845 g/mol. The molecule has 1 saturated carbocycles. The van der Waals surface area contributed by atoms with Gasteiger partial charge in [0.2, 0.25) is 17.7 Å². The Hall–Kier alpha value is -4.56. The number of nitrogens with one attached hydrogen (secondary N) is 1. The van der Waals surface area contributed by atoms with E-state index in [-0.39, 0.29) is 68.9 Å². The van der Waals surface area contributed by atoms with Crippen LogP contribution in [0.2, 0.25) is 0 Å². The highest BCUT2D eigenvalue weighted by atomic mass is 32.1. The molecule has 8 rings (SSSR count). The lowest BCUT2D eigenvalue weighted by Crippen LogP contribution is -2.67. The molecule has 1 spiro atoms. The average molecular weight is 894 g/mol. The number of benzene rings is 1. The highest BCUT2D eigenvalue weighted by Crippen LogP contribution is 2.60. The maximum Gasteiger partial charge on any atom is 0.416 e. The van der Waals surface area contributed by atoms with Gasteiger partial charge in [0.05, 0.1) is 47.5 Å². The molecule has 1 N–H and O–H groups in total. The second-order valence-corrected chi connectivity index (χ2v) is 18.4. The maximum atomic E-state index is 14.6. The quantitative estimate of drug-likeness (QED) is 0.240. The molecule has 5 aliphatic rings. The Labute approximate surface area is 358 Å². The number of likely N-dealkylation sites (tertiary alicyclic amines) is 3. The number of rotatable bonds is 12. The van der Waals surface area contributed by atoms with E-state index < -0.39 is 64.5 Å². The summed E-state index contributed by atoms with van der Waals surface area (Å²) in [4.78, 5) is 65.1. The molecule has 3 atom stereocenters. The van der Waals surface area contributed by atoms with Gasteiger partial charge < -0.3 is 29.5 Å². The van der Waals surface area contributed by atoms with Crippen LogP contribution in [0.3, 0.4) is 0 Å². The molecule has 1 aromatic carbocycles. The van der Waals surface area contributed by atoms with Crippen molar-refractivity contribution in [2.45, 2.75) is 82.4 Å². The van der Waals surface area contributed by atoms with E-state index in [2.05, 4.69) is 15.4 Å². The Kier molecular flexibility index (Phi) is 12.2. The number of hydrogen-bond donors (Lipinski definition) is 1. The topological polar surface area (TPSA) is 139 Å². The Bertz CT molecular complexity index is 2090. The predicted molar refractivity (Wildman–Crippen MR) is 210 cm³/mol. The first-order chi connectivity index (χ1) is 29.5. The van der Waals surface area contributed by atoms with Crippen molar-refractivity contribution >= 4 is 35.0 Å². The highest BCUT2D eigenvalue weighted by molar-refractivity contribution is 7.09. The molecule has 4 aliphatic heterocycles. The lowest BCUT2D eigenvalue weighted by atomic mass is 9.70. The van der Waals surface area contributed by atoms with Crippen molar-refractivity contribution in [3.8, 4) is 0 Å². The van der Waals surface area contributed by atoms with Crippen molar-refractivity contribution < 1.29 is 55.0 Å². The van der Waals surface area contributed by atoms with Crippen LogP contribution in [0.15, 0.2) is 48.2 Å². The Balaban J connectivity index is 1.00. The summed E-state index contributed by atoms with van der Waals surface area (Å²) >= 11 is 1.57. The third-order valence-corrected chi connectivity index (χ3v) is 14.3.